The van der Waals surface area contributed by atoms with E-state index in [4.69, 9.17) is 0 Å². The van der Waals surface area contributed by atoms with Gasteiger partial charge in [-0.3, -0.25) is 9.69 Å². The molecule has 1 heterocycles. The number of aliphatic hydroxyl groups excluding tert-OH is 1. The Morgan fingerprint density at radius 1 is 1.22 bits per heavy atom. The van der Waals surface area contributed by atoms with Gasteiger partial charge >= 0.3 is 6.18 Å². The summed E-state index contributed by atoms with van der Waals surface area (Å²) in [5.41, 5.74) is 1.60. The van der Waals surface area contributed by atoms with Crippen molar-refractivity contribution < 1.29 is 23.1 Å². The number of hydrogen-bond donors (Lipinski definition) is 2. The van der Waals surface area contributed by atoms with Crippen LogP contribution in [0, 0.1) is 5.92 Å². The topological polar surface area (TPSA) is 52.6 Å². The number of benzene rings is 1. The minimum atomic E-state index is -4.19. The molecule has 0 atom stereocenters. The molecule has 0 aromatic heterocycles. The number of carbonyl (C=O) groups excluding carboxylic acids is 1. The summed E-state index contributed by atoms with van der Waals surface area (Å²) < 4.78 is 37.0. The van der Waals surface area contributed by atoms with Crippen LogP contribution in [0.5, 0.6) is 0 Å². The molecule has 0 aliphatic carbocycles. The van der Waals surface area contributed by atoms with Crippen LogP contribution in [0.15, 0.2) is 24.3 Å². The molecule has 1 aromatic carbocycles. The number of amides is 1. The van der Waals surface area contributed by atoms with Gasteiger partial charge in [-0.1, -0.05) is 24.3 Å². The van der Waals surface area contributed by atoms with Crippen LogP contribution in [-0.4, -0.2) is 41.7 Å². The summed E-state index contributed by atoms with van der Waals surface area (Å²) in [5.74, 6) is -0.384. The quantitative estimate of drug-likeness (QED) is 0.869. The average molecular weight is 330 g/mol. The lowest BCUT2D eigenvalue weighted by molar-refractivity contribution is -0.149. The molecule has 1 aromatic rings. The van der Waals surface area contributed by atoms with E-state index in [1.54, 1.807) is 6.07 Å². The third-order valence-electron chi connectivity index (χ3n) is 4.10. The molecule has 1 fully saturated rings. The highest BCUT2D eigenvalue weighted by atomic mass is 19.4. The Balaban J connectivity index is 1.79. The number of nitrogens with zero attached hydrogens (tertiary/aromatic N) is 1. The Labute approximate surface area is 133 Å². The fraction of sp³-hybridized carbons (Fsp3) is 0.562. The molecule has 0 spiro atoms. The molecular formula is C16H21F3N2O2. The summed E-state index contributed by atoms with van der Waals surface area (Å²) in [6.45, 7) is -0.124. The number of rotatable bonds is 5. The van der Waals surface area contributed by atoms with Crippen LogP contribution >= 0.6 is 0 Å². The van der Waals surface area contributed by atoms with Crippen LogP contribution in [0.1, 0.15) is 24.0 Å². The molecule has 7 heteroatoms. The van der Waals surface area contributed by atoms with E-state index < -0.39 is 12.7 Å². The average Bonchev–Trinajstić information content (AvgIpc) is 2.52. The van der Waals surface area contributed by atoms with E-state index in [0.29, 0.717) is 19.4 Å². The van der Waals surface area contributed by atoms with Crippen LogP contribution in [0.25, 0.3) is 0 Å². The van der Waals surface area contributed by atoms with E-state index in [0.717, 1.165) is 11.1 Å². The van der Waals surface area contributed by atoms with Gasteiger partial charge in [0.15, 0.2) is 0 Å². The summed E-state index contributed by atoms with van der Waals surface area (Å²) in [7, 11) is 0. The Morgan fingerprint density at radius 2 is 1.83 bits per heavy atom. The van der Waals surface area contributed by atoms with Crippen LogP contribution in [0.3, 0.4) is 0 Å². The number of piperidine rings is 1. The number of halogens is 3. The number of nitrogens with one attached hydrogen (secondary N) is 1. The van der Waals surface area contributed by atoms with E-state index in [-0.39, 0.29) is 31.5 Å². The summed E-state index contributed by atoms with van der Waals surface area (Å²) >= 11 is 0. The molecule has 0 unspecified atom stereocenters. The lowest BCUT2D eigenvalue weighted by atomic mass is 9.95. The van der Waals surface area contributed by atoms with Crippen molar-refractivity contribution in [1.82, 2.24) is 10.2 Å². The second kappa shape index (κ2) is 7.79. The zero-order valence-corrected chi connectivity index (χ0v) is 12.8. The summed E-state index contributed by atoms with van der Waals surface area (Å²) in [5, 5.41) is 12.1. The van der Waals surface area contributed by atoms with Gasteiger partial charge in [0.25, 0.3) is 0 Å². The van der Waals surface area contributed by atoms with Gasteiger partial charge in [0.2, 0.25) is 5.91 Å². The highest BCUT2D eigenvalue weighted by Crippen LogP contribution is 2.22. The van der Waals surface area contributed by atoms with Gasteiger partial charge in [0.05, 0.1) is 13.2 Å². The zero-order valence-electron chi connectivity index (χ0n) is 12.8. The lowest BCUT2D eigenvalue weighted by Crippen LogP contribution is -2.43. The highest BCUT2D eigenvalue weighted by Gasteiger charge is 2.33. The first-order chi connectivity index (χ1) is 10.9. The summed E-state index contributed by atoms with van der Waals surface area (Å²) in [6.07, 6.45) is -3.32. The van der Waals surface area contributed by atoms with Crippen LogP contribution in [-0.2, 0) is 17.9 Å². The fourth-order valence-electron chi connectivity index (χ4n) is 2.82. The van der Waals surface area contributed by atoms with Crippen molar-refractivity contribution in [2.75, 3.05) is 19.6 Å². The van der Waals surface area contributed by atoms with Crippen LogP contribution < -0.4 is 5.32 Å². The third-order valence-corrected chi connectivity index (χ3v) is 4.10. The molecule has 2 N–H and O–H groups in total. The molecular weight excluding hydrogens is 309 g/mol. The van der Waals surface area contributed by atoms with Gasteiger partial charge < -0.3 is 10.4 Å². The first-order valence-corrected chi connectivity index (χ1v) is 7.63. The summed E-state index contributed by atoms with van der Waals surface area (Å²) in [6, 6.07) is 7.26. The van der Waals surface area contributed by atoms with Crippen molar-refractivity contribution in [1.29, 1.82) is 0 Å². The molecule has 1 amide bonds. The largest absolute Gasteiger partial charge is 0.401 e. The van der Waals surface area contributed by atoms with E-state index in [9.17, 15) is 23.1 Å². The van der Waals surface area contributed by atoms with Gasteiger partial charge in [0.1, 0.15) is 0 Å². The second-order valence-electron chi connectivity index (χ2n) is 5.81. The molecule has 4 nitrogen and oxygen atoms in total. The molecule has 1 aliphatic rings. The van der Waals surface area contributed by atoms with Gasteiger partial charge in [-0.05, 0) is 37.1 Å². The van der Waals surface area contributed by atoms with Crippen LogP contribution in [0.2, 0.25) is 0 Å². The Morgan fingerprint density at radius 3 is 2.39 bits per heavy atom. The highest BCUT2D eigenvalue weighted by molar-refractivity contribution is 5.78. The predicted octanol–water partition coefficient (Wildman–Crippen LogP) is 2.07. The smallest absolute Gasteiger partial charge is 0.392 e. The van der Waals surface area contributed by atoms with Gasteiger partial charge in [-0.2, -0.15) is 13.2 Å². The van der Waals surface area contributed by atoms with Crippen molar-refractivity contribution in [3.63, 3.8) is 0 Å². The van der Waals surface area contributed by atoms with Crippen molar-refractivity contribution in [3.8, 4) is 0 Å². The number of aliphatic hydroxyl groups is 1. The lowest BCUT2D eigenvalue weighted by Gasteiger charge is -2.31. The number of likely N-dealkylation sites (tertiary alicyclic amines) is 1. The Bertz CT molecular complexity index is 526. The minimum absolute atomic E-state index is 0.0954. The summed E-state index contributed by atoms with van der Waals surface area (Å²) in [4.78, 5) is 13.5. The Hall–Kier alpha value is -1.60. The van der Waals surface area contributed by atoms with E-state index >= 15 is 0 Å². The molecule has 0 saturated carbocycles. The molecule has 0 radical (unpaired) electrons. The normalized spacial score (nSPS) is 17.2. The van der Waals surface area contributed by atoms with Crippen molar-refractivity contribution in [3.05, 3.63) is 35.4 Å². The van der Waals surface area contributed by atoms with E-state index in [1.807, 2.05) is 18.2 Å². The monoisotopic (exact) mass is 330 g/mol. The van der Waals surface area contributed by atoms with Gasteiger partial charge in [0, 0.05) is 12.5 Å². The third kappa shape index (κ3) is 5.51. The molecule has 23 heavy (non-hydrogen) atoms. The molecule has 128 valence electrons. The molecule has 1 aliphatic heterocycles. The number of carbonyl (C=O) groups is 1. The number of alkyl halides is 3. The molecule has 1 saturated heterocycles. The fourth-order valence-corrected chi connectivity index (χ4v) is 2.82. The zero-order chi connectivity index (χ0) is 16.9. The second-order valence-corrected chi connectivity index (χ2v) is 5.81. The van der Waals surface area contributed by atoms with E-state index in [1.165, 1.54) is 4.90 Å². The SMILES string of the molecule is O=C(NCc1ccccc1CO)C1CCN(CC(F)(F)F)CC1. The maximum absolute atomic E-state index is 12.3. The number of hydrogen-bond acceptors (Lipinski definition) is 3. The van der Waals surface area contributed by atoms with E-state index in [2.05, 4.69) is 5.32 Å². The van der Waals surface area contributed by atoms with Gasteiger partial charge in [-0.15, -0.1) is 0 Å². The minimum Gasteiger partial charge on any atom is -0.392 e. The van der Waals surface area contributed by atoms with Crippen molar-refractivity contribution in [2.24, 2.45) is 5.92 Å². The molecule has 2 rings (SSSR count). The van der Waals surface area contributed by atoms with Crippen molar-refractivity contribution >= 4 is 5.91 Å². The molecule has 0 bridgehead atoms. The Kier molecular flexibility index (Phi) is 6.01. The van der Waals surface area contributed by atoms with Crippen LogP contribution in [0.4, 0.5) is 13.2 Å². The maximum atomic E-state index is 12.3. The first kappa shape index (κ1) is 17.7. The van der Waals surface area contributed by atoms with Crippen molar-refractivity contribution in [2.45, 2.75) is 32.2 Å². The van der Waals surface area contributed by atoms with Gasteiger partial charge in [-0.25, -0.2) is 0 Å². The predicted molar refractivity (Wildman–Crippen MR) is 79.4 cm³/mol. The maximum Gasteiger partial charge on any atom is 0.401 e. The standard InChI is InChI=1S/C16H21F3N2O2/c17-16(18,19)11-21-7-5-12(6-8-21)15(23)20-9-13-3-1-2-4-14(13)10-22/h1-4,12,22H,5-11H2,(H,20,23). The first-order valence-electron chi connectivity index (χ1n) is 7.63.